The highest BCUT2D eigenvalue weighted by atomic mass is 16.5. The Morgan fingerprint density at radius 3 is 3.06 bits per heavy atom. The maximum atomic E-state index is 11.7. The smallest absolute Gasteiger partial charge is 0.222 e. The summed E-state index contributed by atoms with van der Waals surface area (Å²) in [5, 5.41) is 0. The van der Waals surface area contributed by atoms with Crippen LogP contribution in [0, 0.1) is 6.92 Å². The lowest BCUT2D eigenvalue weighted by molar-refractivity contribution is -0.130. The van der Waals surface area contributed by atoms with Gasteiger partial charge in [-0.25, -0.2) is 4.98 Å². The zero-order valence-electron chi connectivity index (χ0n) is 11.1. The minimum Gasteiger partial charge on any atom is -0.472 e. The molecule has 1 aromatic rings. The van der Waals surface area contributed by atoms with Gasteiger partial charge in [0.05, 0.1) is 6.54 Å². The van der Waals surface area contributed by atoms with Crippen LogP contribution in [0.3, 0.4) is 0 Å². The van der Waals surface area contributed by atoms with Crippen LogP contribution < -0.4 is 4.74 Å². The van der Waals surface area contributed by atoms with Crippen molar-refractivity contribution in [3.63, 3.8) is 0 Å². The van der Waals surface area contributed by atoms with Crippen molar-refractivity contribution < 1.29 is 9.53 Å². The lowest BCUT2D eigenvalue weighted by atomic mass is 10.3. The van der Waals surface area contributed by atoms with E-state index in [1.165, 1.54) is 0 Å². The lowest BCUT2D eigenvalue weighted by Crippen LogP contribution is -2.30. The van der Waals surface area contributed by atoms with Gasteiger partial charge >= 0.3 is 0 Å². The van der Waals surface area contributed by atoms with Gasteiger partial charge in [0.2, 0.25) is 11.8 Å². The summed E-state index contributed by atoms with van der Waals surface area (Å²) in [4.78, 5) is 17.9. The summed E-state index contributed by atoms with van der Waals surface area (Å²) >= 11 is 0. The summed E-state index contributed by atoms with van der Waals surface area (Å²) in [6, 6.07) is 3.86. The molecule has 0 aliphatic carbocycles. The summed E-state index contributed by atoms with van der Waals surface area (Å²) in [5.74, 6) is 0.885. The van der Waals surface area contributed by atoms with Crippen molar-refractivity contribution >= 4 is 5.91 Å². The van der Waals surface area contributed by atoms with Gasteiger partial charge in [-0.3, -0.25) is 4.79 Å². The predicted molar refractivity (Wildman–Crippen MR) is 69.5 cm³/mol. The van der Waals surface area contributed by atoms with Crippen molar-refractivity contribution in [1.82, 2.24) is 9.88 Å². The zero-order valence-corrected chi connectivity index (χ0v) is 11.1. The van der Waals surface area contributed by atoms with E-state index in [-0.39, 0.29) is 12.0 Å². The molecular weight excluding hydrogens is 228 g/mol. The molecule has 0 spiro atoms. The highest BCUT2D eigenvalue weighted by Gasteiger charge is 2.27. The number of ether oxygens (including phenoxy) is 1. The van der Waals surface area contributed by atoms with Gasteiger partial charge in [-0.1, -0.05) is 13.0 Å². The highest BCUT2D eigenvalue weighted by Crippen LogP contribution is 2.17. The second-order valence-electron chi connectivity index (χ2n) is 4.79. The first-order valence-corrected chi connectivity index (χ1v) is 6.56. The van der Waals surface area contributed by atoms with E-state index in [9.17, 15) is 4.79 Å². The molecule has 0 N–H and O–H groups in total. The average Bonchev–Trinajstić information content (AvgIpc) is 2.81. The molecule has 98 valence electrons. The van der Waals surface area contributed by atoms with E-state index in [1.807, 2.05) is 30.9 Å². The first-order valence-electron chi connectivity index (χ1n) is 6.56. The number of likely N-dealkylation sites (tertiary alicyclic amines) is 1. The molecule has 1 atom stereocenters. The molecular formula is C14H20N2O2. The minimum absolute atomic E-state index is 0.0843. The van der Waals surface area contributed by atoms with Crippen molar-refractivity contribution in [2.24, 2.45) is 0 Å². The standard InChI is InChI=1S/C14H20N2O2/c1-3-4-14(17)16-8-7-12(10-16)18-13-6-5-11(2)9-15-13/h5-6,9,12H,3-4,7-8,10H2,1-2H3. The second-order valence-corrected chi connectivity index (χ2v) is 4.79. The molecule has 4 heteroatoms. The van der Waals surface area contributed by atoms with Crippen LogP contribution in [0.15, 0.2) is 18.3 Å². The van der Waals surface area contributed by atoms with E-state index in [0.29, 0.717) is 18.8 Å². The van der Waals surface area contributed by atoms with Crippen molar-refractivity contribution in [2.45, 2.75) is 39.2 Å². The van der Waals surface area contributed by atoms with Crippen LogP contribution in [-0.4, -0.2) is 35.0 Å². The van der Waals surface area contributed by atoms with Gasteiger partial charge in [0.15, 0.2) is 0 Å². The highest BCUT2D eigenvalue weighted by molar-refractivity contribution is 5.76. The molecule has 1 fully saturated rings. The van der Waals surface area contributed by atoms with Crippen LogP contribution in [0.4, 0.5) is 0 Å². The Kier molecular flexibility index (Phi) is 4.18. The van der Waals surface area contributed by atoms with E-state index in [1.54, 1.807) is 6.20 Å². The summed E-state index contributed by atoms with van der Waals surface area (Å²) in [6.45, 7) is 5.51. The molecule has 4 nitrogen and oxygen atoms in total. The van der Waals surface area contributed by atoms with Crippen LogP contribution in [0.5, 0.6) is 5.88 Å². The van der Waals surface area contributed by atoms with Crippen LogP contribution in [0.1, 0.15) is 31.7 Å². The van der Waals surface area contributed by atoms with Crippen LogP contribution in [0.25, 0.3) is 0 Å². The largest absolute Gasteiger partial charge is 0.472 e. The predicted octanol–water partition coefficient (Wildman–Crippen LogP) is 2.17. The van der Waals surface area contributed by atoms with E-state index >= 15 is 0 Å². The number of rotatable bonds is 4. The number of carbonyl (C=O) groups excluding carboxylic acids is 1. The normalized spacial score (nSPS) is 19.0. The summed E-state index contributed by atoms with van der Waals surface area (Å²) in [5.41, 5.74) is 1.12. The molecule has 0 saturated carbocycles. The topological polar surface area (TPSA) is 42.4 Å². The first-order chi connectivity index (χ1) is 8.69. The number of aryl methyl sites for hydroxylation is 1. The molecule has 1 amide bonds. The molecule has 1 aliphatic rings. The minimum atomic E-state index is 0.0843. The van der Waals surface area contributed by atoms with Gasteiger partial charge in [-0.2, -0.15) is 0 Å². The SMILES string of the molecule is CCCC(=O)N1CCC(Oc2ccc(C)cn2)C1. The zero-order chi connectivity index (χ0) is 13.0. The average molecular weight is 248 g/mol. The number of hydrogen-bond acceptors (Lipinski definition) is 3. The Hall–Kier alpha value is -1.58. The van der Waals surface area contributed by atoms with Crippen LogP contribution in [-0.2, 0) is 4.79 Å². The van der Waals surface area contributed by atoms with E-state index in [2.05, 4.69) is 4.98 Å². The van der Waals surface area contributed by atoms with Gasteiger partial charge in [0.25, 0.3) is 0 Å². The fraction of sp³-hybridized carbons (Fsp3) is 0.571. The van der Waals surface area contributed by atoms with E-state index < -0.39 is 0 Å². The number of hydrogen-bond donors (Lipinski definition) is 0. The molecule has 1 saturated heterocycles. The number of pyridine rings is 1. The Balaban J connectivity index is 1.86. The molecule has 0 radical (unpaired) electrons. The monoisotopic (exact) mass is 248 g/mol. The van der Waals surface area contributed by atoms with Crippen molar-refractivity contribution in [1.29, 1.82) is 0 Å². The van der Waals surface area contributed by atoms with Crippen LogP contribution in [0.2, 0.25) is 0 Å². The summed E-state index contributed by atoms with van der Waals surface area (Å²) in [7, 11) is 0. The number of aromatic nitrogens is 1. The fourth-order valence-electron chi connectivity index (χ4n) is 2.12. The van der Waals surface area contributed by atoms with Crippen LogP contribution >= 0.6 is 0 Å². The van der Waals surface area contributed by atoms with E-state index in [4.69, 9.17) is 4.74 Å². The van der Waals surface area contributed by atoms with Gasteiger partial charge < -0.3 is 9.64 Å². The Bertz CT molecular complexity index is 403. The lowest BCUT2D eigenvalue weighted by Gasteiger charge is -2.16. The summed E-state index contributed by atoms with van der Waals surface area (Å²) < 4.78 is 5.78. The summed E-state index contributed by atoms with van der Waals surface area (Å²) in [6.07, 6.45) is 4.31. The molecule has 1 aliphatic heterocycles. The number of nitrogens with zero attached hydrogens (tertiary/aromatic N) is 2. The second kappa shape index (κ2) is 5.85. The third kappa shape index (κ3) is 3.22. The fourth-order valence-corrected chi connectivity index (χ4v) is 2.12. The molecule has 0 aromatic carbocycles. The maximum Gasteiger partial charge on any atom is 0.222 e. The van der Waals surface area contributed by atoms with Gasteiger partial charge in [-0.05, 0) is 18.9 Å². The molecule has 2 heterocycles. The van der Waals surface area contributed by atoms with E-state index in [0.717, 1.165) is 24.9 Å². The molecule has 0 bridgehead atoms. The first kappa shape index (κ1) is 12.9. The third-order valence-electron chi connectivity index (χ3n) is 3.13. The number of amides is 1. The van der Waals surface area contributed by atoms with Gasteiger partial charge in [0.1, 0.15) is 6.10 Å². The Morgan fingerprint density at radius 2 is 2.39 bits per heavy atom. The molecule has 1 aromatic heterocycles. The van der Waals surface area contributed by atoms with Gasteiger partial charge in [0, 0.05) is 31.6 Å². The van der Waals surface area contributed by atoms with Gasteiger partial charge in [-0.15, -0.1) is 0 Å². The molecule has 1 unspecified atom stereocenters. The van der Waals surface area contributed by atoms with Crippen molar-refractivity contribution in [2.75, 3.05) is 13.1 Å². The molecule has 2 rings (SSSR count). The van der Waals surface area contributed by atoms with Crippen molar-refractivity contribution in [3.8, 4) is 5.88 Å². The quantitative estimate of drug-likeness (QED) is 0.820. The number of carbonyl (C=O) groups is 1. The van der Waals surface area contributed by atoms with Crippen molar-refractivity contribution in [3.05, 3.63) is 23.9 Å². The Morgan fingerprint density at radius 1 is 1.56 bits per heavy atom. The maximum absolute atomic E-state index is 11.7. The third-order valence-corrected chi connectivity index (χ3v) is 3.13. The molecule has 18 heavy (non-hydrogen) atoms. The Labute approximate surface area is 108 Å².